The second-order valence-electron chi connectivity index (χ2n) is 3.90. The van der Waals surface area contributed by atoms with Crippen molar-refractivity contribution in [3.05, 3.63) is 23.2 Å². The number of rotatable bonds is 3. The first-order chi connectivity index (χ1) is 6.91. The Balaban J connectivity index is 3.09. The zero-order chi connectivity index (χ0) is 11.6. The van der Waals surface area contributed by atoms with Gasteiger partial charge in [0.25, 0.3) is 0 Å². The van der Waals surface area contributed by atoms with Gasteiger partial charge in [-0.2, -0.15) is 0 Å². The minimum Gasteiger partial charge on any atom is -0.372 e. The van der Waals surface area contributed by atoms with E-state index < -0.39 is 0 Å². The molecular weight excluding hydrogens is 212 g/mol. The van der Waals surface area contributed by atoms with Gasteiger partial charge < -0.3 is 4.90 Å². The van der Waals surface area contributed by atoms with Crippen LogP contribution in [0.4, 0.5) is 11.4 Å². The minimum atomic E-state index is 0.389. The molecule has 0 atom stereocenters. The normalized spacial score (nSPS) is 10.6. The van der Waals surface area contributed by atoms with Crippen LogP contribution in [0.25, 0.3) is 0 Å². The van der Waals surface area contributed by atoms with Crippen LogP contribution in [0.5, 0.6) is 0 Å². The Kier molecular flexibility index (Phi) is 3.83. The van der Waals surface area contributed by atoms with Crippen LogP contribution in [-0.2, 0) is 0 Å². The molecular formula is C11H17ClN2O. The quantitative estimate of drug-likeness (QED) is 0.806. The summed E-state index contributed by atoms with van der Waals surface area (Å²) in [5, 5.41) is 11.0. The van der Waals surface area contributed by atoms with Crippen molar-refractivity contribution in [1.29, 1.82) is 0 Å². The van der Waals surface area contributed by atoms with Crippen LogP contribution in [0.1, 0.15) is 13.8 Å². The highest BCUT2D eigenvalue weighted by Gasteiger charge is 2.08. The molecule has 0 saturated heterocycles. The molecule has 84 valence electrons. The Morgan fingerprint density at radius 1 is 1.13 bits per heavy atom. The minimum absolute atomic E-state index is 0.389. The van der Waals surface area contributed by atoms with Crippen molar-refractivity contribution >= 4 is 23.0 Å². The molecule has 0 aliphatic heterocycles. The fourth-order valence-corrected chi connectivity index (χ4v) is 1.47. The van der Waals surface area contributed by atoms with Gasteiger partial charge in [-0.05, 0) is 32.0 Å². The SMILES string of the molecule is CC(C)N(C)c1cc(Cl)cc(N(C)O)c1. The molecule has 0 saturated carbocycles. The van der Waals surface area contributed by atoms with Gasteiger partial charge in [0.1, 0.15) is 0 Å². The van der Waals surface area contributed by atoms with Crippen LogP contribution >= 0.6 is 11.6 Å². The van der Waals surface area contributed by atoms with E-state index in [0.717, 1.165) is 10.8 Å². The smallest absolute Gasteiger partial charge is 0.0666 e. The molecule has 0 amide bonds. The van der Waals surface area contributed by atoms with Crippen molar-refractivity contribution in [3.8, 4) is 0 Å². The third kappa shape index (κ3) is 3.01. The summed E-state index contributed by atoms with van der Waals surface area (Å²) in [6.45, 7) is 4.20. The Bertz CT molecular complexity index is 339. The largest absolute Gasteiger partial charge is 0.372 e. The van der Waals surface area contributed by atoms with Crippen LogP contribution < -0.4 is 9.96 Å². The second kappa shape index (κ2) is 4.73. The highest BCUT2D eigenvalue weighted by Crippen LogP contribution is 2.27. The van der Waals surface area contributed by atoms with Crippen LogP contribution in [0.2, 0.25) is 5.02 Å². The first kappa shape index (κ1) is 12.1. The summed E-state index contributed by atoms with van der Waals surface area (Å²) in [6.07, 6.45) is 0. The molecule has 15 heavy (non-hydrogen) atoms. The van der Waals surface area contributed by atoms with E-state index in [1.807, 2.05) is 19.2 Å². The van der Waals surface area contributed by atoms with Gasteiger partial charge >= 0.3 is 0 Å². The lowest BCUT2D eigenvalue weighted by Gasteiger charge is -2.25. The molecule has 0 fully saturated rings. The molecule has 4 heteroatoms. The third-order valence-electron chi connectivity index (χ3n) is 2.42. The van der Waals surface area contributed by atoms with Crippen molar-refractivity contribution in [2.75, 3.05) is 24.1 Å². The number of halogens is 1. The Morgan fingerprint density at radius 3 is 2.13 bits per heavy atom. The van der Waals surface area contributed by atoms with Gasteiger partial charge in [0.2, 0.25) is 0 Å². The summed E-state index contributed by atoms with van der Waals surface area (Å²) in [4.78, 5) is 2.10. The fourth-order valence-electron chi connectivity index (χ4n) is 1.25. The summed E-state index contributed by atoms with van der Waals surface area (Å²) < 4.78 is 0. The van der Waals surface area contributed by atoms with E-state index in [-0.39, 0.29) is 0 Å². The summed E-state index contributed by atoms with van der Waals surface area (Å²) in [5.41, 5.74) is 1.68. The molecule has 0 aliphatic carbocycles. The molecule has 0 radical (unpaired) electrons. The average Bonchev–Trinajstić information content (AvgIpc) is 2.15. The zero-order valence-corrected chi connectivity index (χ0v) is 10.3. The van der Waals surface area contributed by atoms with Crippen LogP contribution in [0, 0.1) is 0 Å². The second-order valence-corrected chi connectivity index (χ2v) is 4.33. The van der Waals surface area contributed by atoms with E-state index in [1.54, 1.807) is 13.1 Å². The molecule has 1 aromatic rings. The van der Waals surface area contributed by atoms with E-state index in [9.17, 15) is 5.21 Å². The monoisotopic (exact) mass is 228 g/mol. The van der Waals surface area contributed by atoms with Crippen LogP contribution in [-0.4, -0.2) is 25.3 Å². The highest BCUT2D eigenvalue weighted by molar-refractivity contribution is 6.31. The standard InChI is InChI=1S/C11H17ClN2O/c1-8(2)13(3)10-5-9(12)6-11(7-10)14(4)15/h5-8,15H,1-4H3. The molecule has 3 nitrogen and oxygen atoms in total. The molecule has 1 rings (SSSR count). The van der Waals surface area contributed by atoms with E-state index in [1.165, 1.54) is 0 Å². The first-order valence-electron chi connectivity index (χ1n) is 4.88. The lowest BCUT2D eigenvalue weighted by molar-refractivity contribution is 0.279. The van der Waals surface area contributed by atoms with Gasteiger partial charge in [-0.15, -0.1) is 0 Å². The topological polar surface area (TPSA) is 26.7 Å². The van der Waals surface area contributed by atoms with Crippen molar-refractivity contribution in [3.63, 3.8) is 0 Å². The van der Waals surface area contributed by atoms with E-state index in [0.29, 0.717) is 16.8 Å². The summed E-state index contributed by atoms with van der Waals surface area (Å²) >= 11 is 5.98. The van der Waals surface area contributed by atoms with Gasteiger partial charge in [-0.3, -0.25) is 10.3 Å². The zero-order valence-electron chi connectivity index (χ0n) is 9.53. The maximum atomic E-state index is 9.35. The van der Waals surface area contributed by atoms with Crippen molar-refractivity contribution < 1.29 is 5.21 Å². The Morgan fingerprint density at radius 2 is 1.67 bits per heavy atom. The number of hydrogen-bond acceptors (Lipinski definition) is 3. The molecule has 0 spiro atoms. The Hall–Kier alpha value is -0.930. The van der Waals surface area contributed by atoms with Crippen LogP contribution in [0.15, 0.2) is 18.2 Å². The van der Waals surface area contributed by atoms with Crippen molar-refractivity contribution in [2.24, 2.45) is 0 Å². The van der Waals surface area contributed by atoms with Crippen molar-refractivity contribution in [1.82, 2.24) is 0 Å². The van der Waals surface area contributed by atoms with E-state index in [4.69, 9.17) is 11.6 Å². The van der Waals surface area contributed by atoms with E-state index >= 15 is 0 Å². The van der Waals surface area contributed by atoms with Gasteiger partial charge in [-0.25, -0.2) is 0 Å². The summed E-state index contributed by atoms with van der Waals surface area (Å²) in [5.74, 6) is 0. The van der Waals surface area contributed by atoms with Gasteiger partial charge in [0.05, 0.1) is 5.69 Å². The molecule has 0 aliphatic rings. The average molecular weight is 229 g/mol. The molecule has 1 N–H and O–H groups in total. The predicted molar refractivity (Wildman–Crippen MR) is 65.2 cm³/mol. The maximum absolute atomic E-state index is 9.35. The van der Waals surface area contributed by atoms with Gasteiger partial charge in [-0.1, -0.05) is 11.6 Å². The predicted octanol–water partition coefficient (Wildman–Crippen LogP) is 3.01. The molecule has 1 aromatic carbocycles. The lowest BCUT2D eigenvalue weighted by Crippen LogP contribution is -2.25. The molecule has 0 aromatic heterocycles. The fraction of sp³-hybridized carbons (Fsp3) is 0.455. The van der Waals surface area contributed by atoms with E-state index in [2.05, 4.69) is 18.7 Å². The number of anilines is 2. The number of nitrogens with zero attached hydrogens (tertiary/aromatic N) is 2. The summed E-state index contributed by atoms with van der Waals surface area (Å²) in [6, 6.07) is 5.89. The van der Waals surface area contributed by atoms with Gasteiger partial charge in [0.15, 0.2) is 0 Å². The Labute approximate surface area is 95.8 Å². The van der Waals surface area contributed by atoms with Crippen molar-refractivity contribution in [2.45, 2.75) is 19.9 Å². The molecule has 0 bridgehead atoms. The third-order valence-corrected chi connectivity index (χ3v) is 2.64. The van der Waals surface area contributed by atoms with Crippen LogP contribution in [0.3, 0.4) is 0 Å². The number of hydroxylamine groups is 1. The van der Waals surface area contributed by atoms with Gasteiger partial charge in [0, 0.05) is 30.8 Å². The lowest BCUT2D eigenvalue weighted by atomic mass is 10.2. The number of hydrogen-bond donors (Lipinski definition) is 1. The summed E-state index contributed by atoms with van der Waals surface area (Å²) in [7, 11) is 3.57. The highest BCUT2D eigenvalue weighted by atomic mass is 35.5. The number of benzene rings is 1. The molecule has 0 heterocycles. The molecule has 0 unspecified atom stereocenters. The maximum Gasteiger partial charge on any atom is 0.0666 e. The first-order valence-corrected chi connectivity index (χ1v) is 5.25.